The van der Waals surface area contributed by atoms with Crippen molar-refractivity contribution in [3.63, 3.8) is 0 Å². The quantitative estimate of drug-likeness (QED) is 0.236. The number of carbonyl (C=O) groups is 1. The number of fused-ring (bicyclic) bond motifs is 1. The molecule has 194 valence electrons. The van der Waals surface area contributed by atoms with E-state index in [0.717, 1.165) is 5.56 Å². The Balaban J connectivity index is 1.51. The van der Waals surface area contributed by atoms with E-state index in [0.29, 0.717) is 44.6 Å². The van der Waals surface area contributed by atoms with Gasteiger partial charge in [0.15, 0.2) is 0 Å². The van der Waals surface area contributed by atoms with E-state index < -0.39 is 6.04 Å². The molecule has 0 bridgehead atoms. The number of hydrogen-bond acceptors (Lipinski definition) is 5. The molecular formula is C29H27ClFN5OS. The number of para-hydroxylation sites is 1. The number of nitrogens with one attached hydrogen (secondary N) is 2. The van der Waals surface area contributed by atoms with Gasteiger partial charge in [-0.2, -0.15) is 4.98 Å². The SMILES string of the molecule is CC1=C(C(=O)Nc2ccccc2)C(c2ccc(C(C)C)cc2)n2nc(SCc3c(F)cccc3Cl)nc2N1. The molecule has 6 nitrogen and oxygen atoms in total. The van der Waals surface area contributed by atoms with Crippen molar-refractivity contribution < 1.29 is 9.18 Å². The molecule has 1 unspecified atom stereocenters. The highest BCUT2D eigenvalue weighted by molar-refractivity contribution is 7.98. The number of aromatic nitrogens is 3. The molecule has 0 saturated carbocycles. The molecule has 1 amide bonds. The van der Waals surface area contributed by atoms with Crippen LogP contribution in [0.5, 0.6) is 0 Å². The van der Waals surface area contributed by atoms with Crippen LogP contribution < -0.4 is 10.6 Å². The number of anilines is 2. The zero-order valence-corrected chi connectivity index (χ0v) is 22.8. The number of rotatable bonds is 7. The predicted molar refractivity (Wildman–Crippen MR) is 151 cm³/mol. The van der Waals surface area contributed by atoms with Crippen LogP contribution in [0.3, 0.4) is 0 Å². The standard InChI is InChI=1S/C29H27ClFN5OS/c1-17(2)19-12-14-20(15-13-19)26-25(27(37)33-21-8-5-4-6-9-21)18(3)32-28-34-29(35-36(26)28)38-16-22-23(30)10-7-11-24(22)31/h4-15,17,26H,16H2,1-3H3,(H,33,37)(H,32,34,35). The average Bonchev–Trinajstić information content (AvgIpc) is 3.30. The zero-order chi connectivity index (χ0) is 26.8. The van der Waals surface area contributed by atoms with Crippen molar-refractivity contribution >= 4 is 40.9 Å². The highest BCUT2D eigenvalue weighted by atomic mass is 35.5. The maximum absolute atomic E-state index is 14.3. The van der Waals surface area contributed by atoms with Crippen molar-refractivity contribution in [3.8, 4) is 0 Å². The predicted octanol–water partition coefficient (Wildman–Crippen LogP) is 7.41. The molecule has 1 atom stereocenters. The molecule has 38 heavy (non-hydrogen) atoms. The number of halogens is 2. The van der Waals surface area contributed by atoms with Crippen molar-refractivity contribution in [2.75, 3.05) is 10.6 Å². The lowest BCUT2D eigenvalue weighted by Crippen LogP contribution is -2.31. The lowest BCUT2D eigenvalue weighted by Gasteiger charge is -2.29. The van der Waals surface area contributed by atoms with Gasteiger partial charge in [-0.25, -0.2) is 9.07 Å². The number of carbonyl (C=O) groups excluding carboxylic acids is 1. The Bertz CT molecular complexity index is 1480. The Morgan fingerprint density at radius 1 is 1.11 bits per heavy atom. The van der Waals surface area contributed by atoms with Crippen molar-refractivity contribution in [2.24, 2.45) is 0 Å². The van der Waals surface area contributed by atoms with Gasteiger partial charge in [-0.15, -0.1) is 5.10 Å². The van der Waals surface area contributed by atoms with Crippen molar-refractivity contribution in [3.05, 3.63) is 112 Å². The summed E-state index contributed by atoms with van der Waals surface area (Å²) >= 11 is 7.50. The van der Waals surface area contributed by atoms with Crippen LogP contribution in [0, 0.1) is 5.82 Å². The number of nitrogens with zero attached hydrogens (tertiary/aromatic N) is 3. The van der Waals surface area contributed by atoms with Crippen LogP contribution in [-0.2, 0) is 10.5 Å². The number of benzene rings is 3. The van der Waals surface area contributed by atoms with E-state index in [1.807, 2.05) is 49.4 Å². The smallest absolute Gasteiger partial charge is 0.255 e. The lowest BCUT2D eigenvalue weighted by molar-refractivity contribution is -0.113. The van der Waals surface area contributed by atoms with Gasteiger partial charge < -0.3 is 10.6 Å². The molecule has 9 heteroatoms. The minimum absolute atomic E-state index is 0.229. The molecular weight excluding hydrogens is 521 g/mol. The molecule has 0 radical (unpaired) electrons. The second kappa shape index (κ2) is 11.0. The molecule has 4 aromatic rings. The van der Waals surface area contributed by atoms with Gasteiger partial charge in [0.1, 0.15) is 11.9 Å². The van der Waals surface area contributed by atoms with Gasteiger partial charge >= 0.3 is 0 Å². The summed E-state index contributed by atoms with van der Waals surface area (Å²) in [6.07, 6.45) is 0. The fourth-order valence-corrected chi connectivity index (χ4v) is 5.56. The van der Waals surface area contributed by atoms with Crippen LogP contribution in [-0.4, -0.2) is 20.7 Å². The van der Waals surface area contributed by atoms with Crippen LogP contribution in [0.25, 0.3) is 0 Å². The highest BCUT2D eigenvalue weighted by Crippen LogP contribution is 2.38. The largest absolute Gasteiger partial charge is 0.328 e. The third-order valence-electron chi connectivity index (χ3n) is 6.44. The first-order valence-corrected chi connectivity index (χ1v) is 13.6. The first-order chi connectivity index (χ1) is 18.3. The summed E-state index contributed by atoms with van der Waals surface area (Å²) in [4.78, 5) is 18.3. The van der Waals surface area contributed by atoms with Gasteiger partial charge in [0.25, 0.3) is 5.91 Å². The van der Waals surface area contributed by atoms with E-state index in [1.165, 1.54) is 23.4 Å². The second-order valence-electron chi connectivity index (χ2n) is 9.36. The van der Waals surface area contributed by atoms with Gasteiger partial charge in [0, 0.05) is 27.7 Å². The Hall–Kier alpha value is -3.62. The van der Waals surface area contributed by atoms with E-state index in [4.69, 9.17) is 16.7 Å². The topological polar surface area (TPSA) is 71.8 Å². The molecule has 3 aromatic carbocycles. The van der Waals surface area contributed by atoms with Gasteiger partial charge in [0.2, 0.25) is 11.1 Å². The number of amides is 1. The van der Waals surface area contributed by atoms with Crippen LogP contribution in [0.1, 0.15) is 49.4 Å². The molecule has 0 aliphatic carbocycles. The summed E-state index contributed by atoms with van der Waals surface area (Å²) in [6.45, 7) is 6.14. The van der Waals surface area contributed by atoms with E-state index in [9.17, 15) is 9.18 Å². The zero-order valence-electron chi connectivity index (χ0n) is 21.2. The monoisotopic (exact) mass is 547 g/mol. The summed E-state index contributed by atoms with van der Waals surface area (Å²) in [7, 11) is 0. The Morgan fingerprint density at radius 3 is 2.53 bits per heavy atom. The third kappa shape index (κ3) is 5.33. The molecule has 0 saturated heterocycles. The molecule has 1 aliphatic heterocycles. The van der Waals surface area contributed by atoms with Crippen LogP contribution >= 0.6 is 23.4 Å². The van der Waals surface area contributed by atoms with Gasteiger partial charge in [-0.1, -0.05) is 85.7 Å². The molecule has 2 heterocycles. The fraction of sp³-hybridized carbons (Fsp3) is 0.207. The van der Waals surface area contributed by atoms with Crippen molar-refractivity contribution in [1.82, 2.24) is 14.8 Å². The third-order valence-corrected chi connectivity index (χ3v) is 7.65. The van der Waals surface area contributed by atoms with E-state index in [2.05, 4.69) is 41.6 Å². The normalized spacial score (nSPS) is 14.8. The maximum Gasteiger partial charge on any atom is 0.255 e. The Morgan fingerprint density at radius 2 is 1.84 bits per heavy atom. The minimum Gasteiger partial charge on any atom is -0.328 e. The Labute approximate surface area is 230 Å². The van der Waals surface area contributed by atoms with Crippen molar-refractivity contribution in [1.29, 1.82) is 0 Å². The fourth-order valence-electron chi connectivity index (χ4n) is 4.38. The molecule has 1 aliphatic rings. The van der Waals surface area contributed by atoms with Crippen LogP contribution in [0.2, 0.25) is 5.02 Å². The van der Waals surface area contributed by atoms with Crippen LogP contribution in [0.15, 0.2) is 89.2 Å². The first kappa shape index (κ1) is 26.0. The van der Waals surface area contributed by atoms with E-state index in [-0.39, 0.29) is 17.5 Å². The summed E-state index contributed by atoms with van der Waals surface area (Å²) in [5, 5.41) is 11.8. The summed E-state index contributed by atoms with van der Waals surface area (Å²) in [5.74, 6) is 0.570. The molecule has 2 N–H and O–H groups in total. The van der Waals surface area contributed by atoms with Gasteiger partial charge in [0.05, 0.1) is 5.57 Å². The van der Waals surface area contributed by atoms with Crippen molar-refractivity contribution in [2.45, 2.75) is 43.6 Å². The Kier molecular flexibility index (Phi) is 7.53. The van der Waals surface area contributed by atoms with Gasteiger partial charge in [-0.05, 0) is 48.2 Å². The highest BCUT2D eigenvalue weighted by Gasteiger charge is 2.34. The average molecular weight is 548 g/mol. The number of thioether (sulfide) groups is 1. The molecule has 1 aromatic heterocycles. The molecule has 5 rings (SSSR count). The summed E-state index contributed by atoms with van der Waals surface area (Å²) < 4.78 is 16.0. The summed E-state index contributed by atoms with van der Waals surface area (Å²) in [5.41, 5.74) is 4.44. The van der Waals surface area contributed by atoms with E-state index in [1.54, 1.807) is 16.8 Å². The lowest BCUT2D eigenvalue weighted by atomic mass is 9.93. The maximum atomic E-state index is 14.3. The molecule has 0 spiro atoms. The minimum atomic E-state index is -0.505. The van der Waals surface area contributed by atoms with Gasteiger partial charge in [-0.3, -0.25) is 4.79 Å². The summed E-state index contributed by atoms with van der Waals surface area (Å²) in [6, 6.07) is 21.7. The number of allylic oxidation sites excluding steroid dienone is 1. The first-order valence-electron chi connectivity index (χ1n) is 12.3. The number of hydrogen-bond donors (Lipinski definition) is 2. The molecule has 0 fully saturated rings. The second-order valence-corrected chi connectivity index (χ2v) is 10.7. The van der Waals surface area contributed by atoms with Crippen LogP contribution in [0.4, 0.5) is 16.0 Å². The van der Waals surface area contributed by atoms with E-state index >= 15 is 0 Å².